The maximum Gasteiger partial charge on any atom is 0.315 e. The van der Waals surface area contributed by atoms with Gasteiger partial charge in [0.2, 0.25) is 5.95 Å². The fraction of sp³-hybridized carbons (Fsp3) is 0.421. The average molecular weight is 337 g/mol. The summed E-state index contributed by atoms with van der Waals surface area (Å²) in [6.07, 6.45) is 7.52. The van der Waals surface area contributed by atoms with E-state index in [1.807, 2.05) is 12.1 Å². The molecule has 2 amide bonds. The average Bonchev–Trinajstić information content (AvgIpc) is 3.06. The van der Waals surface area contributed by atoms with Gasteiger partial charge >= 0.3 is 6.03 Å². The molecule has 1 aromatic heterocycles. The van der Waals surface area contributed by atoms with Gasteiger partial charge in [-0.25, -0.2) is 14.8 Å². The van der Waals surface area contributed by atoms with Crippen LogP contribution in [0.4, 0.5) is 10.7 Å². The van der Waals surface area contributed by atoms with Crippen molar-refractivity contribution in [2.45, 2.75) is 37.8 Å². The zero-order valence-corrected chi connectivity index (χ0v) is 14.2. The zero-order valence-electron chi connectivity index (χ0n) is 14.2. The highest BCUT2D eigenvalue weighted by molar-refractivity contribution is 5.75. The number of fused-ring (bicyclic) bond motifs is 1. The van der Waals surface area contributed by atoms with E-state index in [1.165, 1.54) is 11.1 Å². The quantitative estimate of drug-likeness (QED) is 0.902. The lowest BCUT2D eigenvalue weighted by Gasteiger charge is -2.33. The van der Waals surface area contributed by atoms with Crippen molar-refractivity contribution >= 4 is 12.0 Å². The van der Waals surface area contributed by atoms with Gasteiger partial charge in [0.05, 0.1) is 6.04 Å². The molecule has 0 unspecified atom stereocenters. The van der Waals surface area contributed by atoms with Gasteiger partial charge in [-0.1, -0.05) is 24.3 Å². The number of aryl methyl sites for hydroxylation is 1. The molecular formula is C19H23N5O. The first-order valence-corrected chi connectivity index (χ1v) is 8.96. The molecule has 0 radical (unpaired) electrons. The minimum atomic E-state index is -0.0810. The SMILES string of the molecule is O=C(N[C@H]1CCCN(c2ncccn2)C1)N[C@H]1CCc2ccccc21. The lowest BCUT2D eigenvalue weighted by molar-refractivity contribution is 0.231. The zero-order chi connectivity index (χ0) is 17.1. The van der Waals surface area contributed by atoms with E-state index in [0.717, 1.165) is 44.7 Å². The second-order valence-electron chi connectivity index (χ2n) is 6.74. The van der Waals surface area contributed by atoms with E-state index in [1.54, 1.807) is 12.4 Å². The lowest BCUT2D eigenvalue weighted by Crippen LogP contribution is -2.51. The molecule has 2 N–H and O–H groups in total. The number of aromatic nitrogens is 2. The Kier molecular flexibility index (Phi) is 4.50. The van der Waals surface area contributed by atoms with Gasteiger partial charge in [0, 0.05) is 31.5 Å². The Balaban J connectivity index is 1.34. The third kappa shape index (κ3) is 3.57. The number of carbonyl (C=O) groups is 1. The van der Waals surface area contributed by atoms with Gasteiger partial charge in [0.1, 0.15) is 0 Å². The third-order valence-corrected chi connectivity index (χ3v) is 5.03. The molecule has 130 valence electrons. The highest BCUT2D eigenvalue weighted by Crippen LogP contribution is 2.30. The first-order chi connectivity index (χ1) is 12.3. The Morgan fingerprint density at radius 1 is 1.08 bits per heavy atom. The first kappa shape index (κ1) is 15.9. The number of hydrogen-bond donors (Lipinski definition) is 2. The van der Waals surface area contributed by atoms with Crippen LogP contribution in [0.25, 0.3) is 0 Å². The summed E-state index contributed by atoms with van der Waals surface area (Å²) in [6.45, 7) is 1.68. The molecule has 4 rings (SSSR count). The van der Waals surface area contributed by atoms with E-state index in [-0.39, 0.29) is 18.1 Å². The maximum atomic E-state index is 12.4. The highest BCUT2D eigenvalue weighted by atomic mass is 16.2. The maximum absolute atomic E-state index is 12.4. The van der Waals surface area contributed by atoms with Crippen LogP contribution in [0.3, 0.4) is 0 Å². The van der Waals surface area contributed by atoms with E-state index in [0.29, 0.717) is 0 Å². The lowest BCUT2D eigenvalue weighted by atomic mass is 10.1. The number of urea groups is 1. The van der Waals surface area contributed by atoms with Gasteiger partial charge in [0.15, 0.2) is 0 Å². The fourth-order valence-electron chi connectivity index (χ4n) is 3.82. The second kappa shape index (κ2) is 7.09. The highest BCUT2D eigenvalue weighted by Gasteiger charge is 2.26. The molecule has 1 saturated heterocycles. The summed E-state index contributed by atoms with van der Waals surface area (Å²) in [5.41, 5.74) is 2.60. The van der Waals surface area contributed by atoms with Crippen molar-refractivity contribution in [2.75, 3.05) is 18.0 Å². The van der Waals surface area contributed by atoms with Crippen molar-refractivity contribution in [3.63, 3.8) is 0 Å². The summed E-state index contributed by atoms with van der Waals surface area (Å²) in [7, 11) is 0. The van der Waals surface area contributed by atoms with Gasteiger partial charge in [-0.05, 0) is 42.9 Å². The number of anilines is 1. The predicted octanol–water partition coefficient (Wildman–Crippen LogP) is 2.43. The minimum Gasteiger partial charge on any atom is -0.339 e. The third-order valence-electron chi connectivity index (χ3n) is 5.03. The Labute approximate surface area is 147 Å². The Morgan fingerprint density at radius 2 is 1.92 bits per heavy atom. The molecule has 25 heavy (non-hydrogen) atoms. The molecule has 0 bridgehead atoms. The number of piperidine rings is 1. The van der Waals surface area contributed by atoms with E-state index < -0.39 is 0 Å². The van der Waals surface area contributed by atoms with Gasteiger partial charge in [-0.3, -0.25) is 0 Å². The fourth-order valence-corrected chi connectivity index (χ4v) is 3.82. The van der Waals surface area contributed by atoms with Crippen LogP contribution in [-0.4, -0.2) is 35.1 Å². The molecule has 2 aromatic rings. The number of amides is 2. The van der Waals surface area contributed by atoms with Crippen LogP contribution in [0.15, 0.2) is 42.7 Å². The summed E-state index contributed by atoms with van der Waals surface area (Å²) in [5.74, 6) is 0.735. The van der Waals surface area contributed by atoms with Crippen LogP contribution in [0.2, 0.25) is 0 Å². The number of hydrogen-bond acceptors (Lipinski definition) is 4. The standard InChI is InChI=1S/C19H23N5O/c25-19(23-17-9-8-14-5-1-2-7-16(14)17)22-15-6-3-12-24(13-15)18-20-10-4-11-21-18/h1-2,4-5,7,10-11,15,17H,3,6,8-9,12-13H2,(H2,22,23,25)/t15-,17-/m0/s1. The van der Waals surface area contributed by atoms with Crippen LogP contribution >= 0.6 is 0 Å². The normalized spacial score (nSPS) is 22.3. The summed E-state index contributed by atoms with van der Waals surface area (Å²) >= 11 is 0. The molecule has 2 aliphatic rings. The van der Waals surface area contributed by atoms with Crippen molar-refractivity contribution in [3.8, 4) is 0 Å². The Bertz CT molecular complexity index is 736. The topological polar surface area (TPSA) is 70.2 Å². The Morgan fingerprint density at radius 3 is 2.80 bits per heavy atom. The summed E-state index contributed by atoms with van der Waals surface area (Å²) in [5, 5.41) is 6.27. The summed E-state index contributed by atoms with van der Waals surface area (Å²) in [6, 6.07) is 10.3. The van der Waals surface area contributed by atoms with E-state index in [9.17, 15) is 4.79 Å². The summed E-state index contributed by atoms with van der Waals surface area (Å²) in [4.78, 5) is 23.2. The number of rotatable bonds is 3. The van der Waals surface area contributed by atoms with Crippen LogP contribution in [0.5, 0.6) is 0 Å². The van der Waals surface area contributed by atoms with Gasteiger partial charge in [0.25, 0.3) is 0 Å². The smallest absolute Gasteiger partial charge is 0.315 e. The van der Waals surface area contributed by atoms with Gasteiger partial charge < -0.3 is 15.5 Å². The number of nitrogens with zero attached hydrogens (tertiary/aromatic N) is 3. The van der Waals surface area contributed by atoms with Crippen molar-refractivity contribution in [1.29, 1.82) is 0 Å². The van der Waals surface area contributed by atoms with Crippen molar-refractivity contribution in [3.05, 3.63) is 53.9 Å². The molecular weight excluding hydrogens is 314 g/mol. The van der Waals surface area contributed by atoms with Crippen molar-refractivity contribution < 1.29 is 4.79 Å². The summed E-state index contributed by atoms with van der Waals surface area (Å²) < 4.78 is 0. The number of carbonyl (C=O) groups excluding carboxylic acids is 1. The predicted molar refractivity (Wildman–Crippen MR) is 96.4 cm³/mol. The van der Waals surface area contributed by atoms with Crippen molar-refractivity contribution in [2.24, 2.45) is 0 Å². The Hall–Kier alpha value is -2.63. The minimum absolute atomic E-state index is 0.0810. The molecule has 0 spiro atoms. The van der Waals surface area contributed by atoms with Crippen LogP contribution < -0.4 is 15.5 Å². The number of nitrogens with one attached hydrogen (secondary N) is 2. The molecule has 1 aromatic carbocycles. The van der Waals surface area contributed by atoms with Crippen LogP contribution in [-0.2, 0) is 6.42 Å². The molecule has 1 aliphatic carbocycles. The molecule has 2 heterocycles. The molecule has 1 fully saturated rings. The van der Waals surface area contributed by atoms with E-state index >= 15 is 0 Å². The molecule has 6 heteroatoms. The molecule has 0 saturated carbocycles. The molecule has 2 atom stereocenters. The van der Waals surface area contributed by atoms with E-state index in [4.69, 9.17) is 0 Å². The second-order valence-corrected chi connectivity index (χ2v) is 6.74. The molecule has 1 aliphatic heterocycles. The number of benzene rings is 1. The first-order valence-electron chi connectivity index (χ1n) is 8.96. The van der Waals surface area contributed by atoms with Gasteiger partial charge in [-0.2, -0.15) is 0 Å². The monoisotopic (exact) mass is 337 g/mol. The van der Waals surface area contributed by atoms with Crippen molar-refractivity contribution in [1.82, 2.24) is 20.6 Å². The molecule has 6 nitrogen and oxygen atoms in total. The largest absolute Gasteiger partial charge is 0.339 e. The van der Waals surface area contributed by atoms with E-state index in [2.05, 4.69) is 43.7 Å². The van der Waals surface area contributed by atoms with Gasteiger partial charge in [-0.15, -0.1) is 0 Å². The van der Waals surface area contributed by atoms with Crippen LogP contribution in [0, 0.1) is 0 Å². The van der Waals surface area contributed by atoms with Crippen LogP contribution in [0.1, 0.15) is 36.4 Å².